The molecule has 0 atom stereocenters. The van der Waals surface area contributed by atoms with Gasteiger partial charge in [0.05, 0.1) is 17.1 Å². The fraction of sp³-hybridized carbons (Fsp3) is 0.471. The number of ketones is 1. The van der Waals surface area contributed by atoms with E-state index in [1.807, 2.05) is 0 Å². The van der Waals surface area contributed by atoms with Crippen LogP contribution < -0.4 is 0 Å². The van der Waals surface area contributed by atoms with E-state index in [4.69, 9.17) is 11.6 Å². The van der Waals surface area contributed by atoms with Gasteiger partial charge in [0.15, 0.2) is 5.69 Å². The molecule has 0 saturated heterocycles. The predicted octanol–water partition coefficient (Wildman–Crippen LogP) is 3.94. The lowest BCUT2D eigenvalue weighted by Gasteiger charge is -2.17. The molecule has 3 rings (SSSR count). The number of alkyl halides is 3. The normalized spacial score (nSPS) is 14.7. The molecule has 1 aliphatic carbocycles. The molecule has 0 bridgehead atoms. The zero-order chi connectivity index (χ0) is 19.2. The van der Waals surface area contributed by atoms with E-state index in [1.54, 1.807) is 13.0 Å². The third-order valence-electron chi connectivity index (χ3n) is 4.32. The third kappa shape index (κ3) is 3.42. The smallest absolute Gasteiger partial charge is 0.330 e. The molecular weight excluding hydrogens is 371 g/mol. The van der Waals surface area contributed by atoms with Crippen LogP contribution in [-0.2, 0) is 11.0 Å². The number of rotatable bonds is 5. The lowest BCUT2D eigenvalue weighted by Crippen LogP contribution is -2.35. The van der Waals surface area contributed by atoms with Crippen LogP contribution in [-0.4, -0.2) is 39.3 Å². The highest BCUT2D eigenvalue weighted by atomic mass is 35.5. The Morgan fingerprint density at radius 1 is 1.35 bits per heavy atom. The van der Waals surface area contributed by atoms with Crippen molar-refractivity contribution in [2.24, 2.45) is 0 Å². The summed E-state index contributed by atoms with van der Waals surface area (Å²) in [7, 11) is 0. The summed E-state index contributed by atoms with van der Waals surface area (Å²) in [6, 6.07) is 2.62. The first-order chi connectivity index (χ1) is 12.1. The highest BCUT2D eigenvalue weighted by Crippen LogP contribution is 2.43. The minimum absolute atomic E-state index is 0.0469. The number of hydrogen-bond acceptors (Lipinski definition) is 3. The molecule has 26 heavy (non-hydrogen) atoms. The van der Waals surface area contributed by atoms with E-state index in [0.29, 0.717) is 10.1 Å². The summed E-state index contributed by atoms with van der Waals surface area (Å²) in [6.45, 7) is 3.04. The maximum Gasteiger partial charge on any atom is 0.433 e. The van der Waals surface area contributed by atoms with Gasteiger partial charge in [-0.15, -0.1) is 0 Å². The molecule has 1 saturated carbocycles. The van der Waals surface area contributed by atoms with Crippen LogP contribution in [0.1, 0.15) is 54.4 Å². The summed E-state index contributed by atoms with van der Waals surface area (Å²) in [6.07, 6.45) is -2.98. The number of likely N-dealkylation sites (N-methyl/N-ethyl adjacent to an activating group) is 1. The van der Waals surface area contributed by atoms with Gasteiger partial charge in [-0.2, -0.15) is 18.3 Å². The Bertz CT molecular complexity index is 887. The molecule has 2 aromatic rings. The van der Waals surface area contributed by atoms with Crippen molar-refractivity contribution >= 4 is 28.8 Å². The van der Waals surface area contributed by atoms with Crippen molar-refractivity contribution in [2.45, 2.75) is 38.8 Å². The zero-order valence-corrected chi connectivity index (χ0v) is 15.0. The zero-order valence-electron chi connectivity index (χ0n) is 14.2. The summed E-state index contributed by atoms with van der Waals surface area (Å²) in [5, 5.41) is 3.70. The van der Waals surface area contributed by atoms with E-state index < -0.39 is 17.8 Å². The van der Waals surface area contributed by atoms with Gasteiger partial charge in [0.2, 0.25) is 0 Å². The summed E-state index contributed by atoms with van der Waals surface area (Å²) >= 11 is 6.23. The van der Waals surface area contributed by atoms with E-state index in [9.17, 15) is 22.8 Å². The topological polar surface area (TPSA) is 54.7 Å². The molecule has 0 unspecified atom stereocenters. The molecule has 2 heterocycles. The number of fused-ring (bicyclic) bond motifs is 1. The summed E-state index contributed by atoms with van der Waals surface area (Å²) in [5.41, 5.74) is -0.659. The molecule has 0 aliphatic heterocycles. The fourth-order valence-corrected chi connectivity index (χ4v) is 3.13. The van der Waals surface area contributed by atoms with Gasteiger partial charge in [-0.3, -0.25) is 9.59 Å². The van der Waals surface area contributed by atoms with Crippen LogP contribution in [0, 0.1) is 0 Å². The number of aromatic nitrogens is 2. The first-order valence-corrected chi connectivity index (χ1v) is 8.59. The van der Waals surface area contributed by atoms with Gasteiger partial charge in [0.1, 0.15) is 11.5 Å². The first kappa shape index (κ1) is 18.7. The maximum atomic E-state index is 13.5. The molecule has 2 aromatic heterocycles. The van der Waals surface area contributed by atoms with Crippen molar-refractivity contribution in [1.82, 2.24) is 14.5 Å². The fourth-order valence-electron chi connectivity index (χ4n) is 2.88. The number of nitrogens with zero attached hydrogens (tertiary/aromatic N) is 3. The standard InChI is InChI=1S/C17H17ClF3N3O2/c1-3-23(8-9(2)25)16(26)15-14(18)12-6-11(10-4-5-10)7-13(17(19,20)21)24(12)22-15/h6-7,10H,3-5,8H2,1-2H3. The quantitative estimate of drug-likeness (QED) is 0.781. The van der Waals surface area contributed by atoms with E-state index in [2.05, 4.69) is 5.10 Å². The van der Waals surface area contributed by atoms with E-state index >= 15 is 0 Å². The Hall–Kier alpha value is -2.09. The van der Waals surface area contributed by atoms with Crippen molar-refractivity contribution in [1.29, 1.82) is 0 Å². The van der Waals surface area contributed by atoms with Gasteiger partial charge in [-0.25, -0.2) is 4.52 Å². The molecule has 0 spiro atoms. The van der Waals surface area contributed by atoms with Crippen LogP contribution in [0.3, 0.4) is 0 Å². The van der Waals surface area contributed by atoms with Crippen LogP contribution in [0.4, 0.5) is 13.2 Å². The lowest BCUT2D eigenvalue weighted by molar-refractivity contribution is -0.142. The largest absolute Gasteiger partial charge is 0.433 e. The average Bonchev–Trinajstić information content (AvgIpc) is 3.35. The van der Waals surface area contributed by atoms with Gasteiger partial charge in [0.25, 0.3) is 5.91 Å². The van der Waals surface area contributed by atoms with Crippen molar-refractivity contribution < 1.29 is 22.8 Å². The molecule has 5 nitrogen and oxygen atoms in total. The minimum atomic E-state index is -4.64. The minimum Gasteiger partial charge on any atom is -0.330 e. The number of amides is 1. The van der Waals surface area contributed by atoms with E-state index in [0.717, 1.165) is 18.9 Å². The third-order valence-corrected chi connectivity index (χ3v) is 4.69. The Kier molecular flexibility index (Phi) is 4.72. The van der Waals surface area contributed by atoms with Gasteiger partial charge in [-0.1, -0.05) is 11.6 Å². The molecule has 1 amide bonds. The molecule has 0 radical (unpaired) electrons. The van der Waals surface area contributed by atoms with Crippen molar-refractivity contribution in [3.63, 3.8) is 0 Å². The molecule has 0 aromatic carbocycles. The Labute approximate surface area is 152 Å². The second-order valence-corrected chi connectivity index (χ2v) is 6.80. The Morgan fingerprint density at radius 2 is 2.00 bits per heavy atom. The highest BCUT2D eigenvalue weighted by molar-refractivity contribution is 6.36. The highest BCUT2D eigenvalue weighted by Gasteiger charge is 2.38. The molecule has 1 fully saturated rings. The first-order valence-electron chi connectivity index (χ1n) is 8.21. The number of Topliss-reactive ketones (excluding diaryl/α,β-unsaturated/α-hetero) is 1. The number of pyridine rings is 1. The SMILES string of the molecule is CCN(CC(C)=O)C(=O)c1nn2c(C(F)(F)F)cc(C3CC3)cc2c1Cl. The predicted molar refractivity (Wildman–Crippen MR) is 89.4 cm³/mol. The van der Waals surface area contributed by atoms with Crippen LogP contribution >= 0.6 is 11.6 Å². The van der Waals surface area contributed by atoms with Gasteiger partial charge < -0.3 is 4.90 Å². The van der Waals surface area contributed by atoms with Gasteiger partial charge >= 0.3 is 6.18 Å². The van der Waals surface area contributed by atoms with Gasteiger partial charge in [0, 0.05) is 6.54 Å². The molecular formula is C17H17ClF3N3O2. The van der Waals surface area contributed by atoms with Crippen molar-refractivity contribution in [3.8, 4) is 0 Å². The summed E-state index contributed by atoms with van der Waals surface area (Å²) in [5.74, 6) is -0.833. The Morgan fingerprint density at radius 3 is 2.50 bits per heavy atom. The average molecular weight is 388 g/mol. The van der Waals surface area contributed by atoms with Crippen LogP contribution in [0.2, 0.25) is 5.02 Å². The van der Waals surface area contributed by atoms with Gasteiger partial charge in [-0.05, 0) is 50.3 Å². The van der Waals surface area contributed by atoms with E-state index in [-0.39, 0.29) is 41.0 Å². The molecule has 1 aliphatic rings. The van der Waals surface area contributed by atoms with Crippen LogP contribution in [0.25, 0.3) is 5.52 Å². The molecule has 0 N–H and O–H groups in total. The number of carbonyl (C=O) groups is 2. The second kappa shape index (κ2) is 6.57. The van der Waals surface area contributed by atoms with Crippen molar-refractivity contribution in [3.05, 3.63) is 34.1 Å². The molecule has 9 heteroatoms. The lowest BCUT2D eigenvalue weighted by atomic mass is 10.1. The number of carbonyl (C=O) groups excluding carboxylic acids is 2. The van der Waals surface area contributed by atoms with E-state index in [1.165, 1.54) is 11.8 Å². The Balaban J connectivity index is 2.15. The number of hydrogen-bond donors (Lipinski definition) is 0. The van der Waals surface area contributed by atoms with Crippen molar-refractivity contribution in [2.75, 3.05) is 13.1 Å². The monoisotopic (exact) mass is 387 g/mol. The van der Waals surface area contributed by atoms with Crippen LogP contribution in [0.15, 0.2) is 12.1 Å². The molecule has 140 valence electrons. The van der Waals surface area contributed by atoms with Crippen LogP contribution in [0.5, 0.6) is 0 Å². The number of halogens is 4. The summed E-state index contributed by atoms with van der Waals surface area (Å²) < 4.78 is 41.1. The second-order valence-electron chi connectivity index (χ2n) is 6.43. The summed E-state index contributed by atoms with van der Waals surface area (Å²) in [4.78, 5) is 25.1. The maximum absolute atomic E-state index is 13.5.